The van der Waals surface area contributed by atoms with E-state index in [1.807, 2.05) is 0 Å². The van der Waals surface area contributed by atoms with E-state index >= 15 is 0 Å². The maximum atomic E-state index is 12.5. The van der Waals surface area contributed by atoms with Gasteiger partial charge in [-0.15, -0.1) is 12.3 Å². The first-order chi connectivity index (χ1) is 9.65. The molecule has 1 aliphatic heterocycles. The normalized spacial score (nSPS) is 18.4. The Morgan fingerprint density at radius 3 is 3.15 bits per heavy atom. The van der Waals surface area contributed by atoms with E-state index in [1.165, 1.54) is 7.11 Å². The number of terminal acetylenes is 1. The van der Waals surface area contributed by atoms with Crippen LogP contribution in [0.2, 0.25) is 0 Å². The fourth-order valence-corrected chi connectivity index (χ4v) is 2.19. The Balaban J connectivity index is 2.12. The van der Waals surface area contributed by atoms with Crippen molar-refractivity contribution in [3.63, 3.8) is 0 Å². The van der Waals surface area contributed by atoms with E-state index in [0.717, 1.165) is 0 Å². The first-order valence-corrected chi connectivity index (χ1v) is 6.43. The average molecular weight is 274 g/mol. The second-order valence-electron chi connectivity index (χ2n) is 4.61. The van der Waals surface area contributed by atoms with Gasteiger partial charge in [0.15, 0.2) is 0 Å². The minimum absolute atomic E-state index is 0.0615. The van der Waals surface area contributed by atoms with Crippen LogP contribution in [0.4, 0.5) is 5.69 Å². The first kappa shape index (κ1) is 14.2. The number of morpholine rings is 1. The number of anilines is 1. The highest BCUT2D eigenvalue weighted by atomic mass is 16.5. The summed E-state index contributed by atoms with van der Waals surface area (Å²) < 4.78 is 10.7. The van der Waals surface area contributed by atoms with E-state index in [0.29, 0.717) is 43.1 Å². The summed E-state index contributed by atoms with van der Waals surface area (Å²) in [6, 6.07) is 5.03. The molecule has 0 unspecified atom stereocenters. The number of nitrogen functional groups attached to an aromatic ring is 1. The second-order valence-corrected chi connectivity index (χ2v) is 4.61. The zero-order valence-corrected chi connectivity index (χ0v) is 11.5. The fourth-order valence-electron chi connectivity index (χ4n) is 2.19. The number of amides is 1. The van der Waals surface area contributed by atoms with Crippen LogP contribution in [0.5, 0.6) is 5.75 Å². The van der Waals surface area contributed by atoms with Crippen molar-refractivity contribution in [1.29, 1.82) is 0 Å². The highest BCUT2D eigenvalue weighted by Gasteiger charge is 2.24. The standard InChI is InChI=1S/C15H18N2O3/c1-3-4-12-10-17(7-8-20-12)15(18)11-5-6-13(16)14(9-11)19-2/h1,5-6,9,12H,4,7-8,10,16H2,2H3/t12-/m1/s1. The monoisotopic (exact) mass is 274 g/mol. The predicted molar refractivity (Wildman–Crippen MR) is 76.5 cm³/mol. The van der Waals surface area contributed by atoms with Gasteiger partial charge in [0.1, 0.15) is 5.75 Å². The van der Waals surface area contributed by atoms with Crippen molar-refractivity contribution >= 4 is 11.6 Å². The van der Waals surface area contributed by atoms with Crippen molar-refractivity contribution in [1.82, 2.24) is 4.90 Å². The third-order valence-electron chi connectivity index (χ3n) is 3.25. The summed E-state index contributed by atoms with van der Waals surface area (Å²) in [5.41, 5.74) is 6.81. The summed E-state index contributed by atoms with van der Waals surface area (Å²) in [7, 11) is 1.53. The summed E-state index contributed by atoms with van der Waals surface area (Å²) >= 11 is 0. The molecule has 1 amide bonds. The Morgan fingerprint density at radius 1 is 1.65 bits per heavy atom. The molecule has 106 valence electrons. The van der Waals surface area contributed by atoms with Crippen molar-refractivity contribution in [2.24, 2.45) is 0 Å². The number of carbonyl (C=O) groups excluding carboxylic acids is 1. The predicted octanol–water partition coefficient (Wildman–Crippen LogP) is 1.14. The molecule has 1 aliphatic rings. The van der Waals surface area contributed by atoms with Gasteiger partial charge in [0.05, 0.1) is 25.5 Å². The van der Waals surface area contributed by atoms with Gasteiger partial charge in [-0.2, -0.15) is 0 Å². The van der Waals surface area contributed by atoms with Crippen LogP contribution in [-0.2, 0) is 4.74 Å². The van der Waals surface area contributed by atoms with Crippen LogP contribution in [0.1, 0.15) is 16.8 Å². The Morgan fingerprint density at radius 2 is 2.45 bits per heavy atom. The summed E-state index contributed by atoms with van der Waals surface area (Å²) in [4.78, 5) is 14.2. The third kappa shape index (κ3) is 3.03. The van der Waals surface area contributed by atoms with Crippen LogP contribution in [0.3, 0.4) is 0 Å². The van der Waals surface area contributed by atoms with E-state index in [9.17, 15) is 4.79 Å². The number of carbonyl (C=O) groups is 1. The number of hydrogen-bond donors (Lipinski definition) is 1. The molecule has 1 aromatic rings. The molecule has 1 fully saturated rings. The lowest BCUT2D eigenvalue weighted by atomic mass is 10.1. The Bertz CT molecular complexity index is 536. The highest BCUT2D eigenvalue weighted by molar-refractivity contribution is 5.95. The van der Waals surface area contributed by atoms with Gasteiger partial charge in [-0.3, -0.25) is 4.79 Å². The SMILES string of the molecule is C#CC[C@@H]1CN(C(=O)c2ccc(N)c(OC)c2)CCO1. The number of nitrogens with zero attached hydrogens (tertiary/aromatic N) is 1. The summed E-state index contributed by atoms with van der Waals surface area (Å²) in [6.45, 7) is 1.58. The molecule has 2 N–H and O–H groups in total. The van der Waals surface area contributed by atoms with Gasteiger partial charge in [0, 0.05) is 25.1 Å². The van der Waals surface area contributed by atoms with Crippen LogP contribution < -0.4 is 10.5 Å². The average Bonchev–Trinajstić information content (AvgIpc) is 2.48. The largest absolute Gasteiger partial charge is 0.495 e. The van der Waals surface area contributed by atoms with E-state index in [2.05, 4.69) is 5.92 Å². The minimum Gasteiger partial charge on any atom is -0.495 e. The highest BCUT2D eigenvalue weighted by Crippen LogP contribution is 2.23. The van der Waals surface area contributed by atoms with Gasteiger partial charge < -0.3 is 20.1 Å². The van der Waals surface area contributed by atoms with Crippen molar-refractivity contribution < 1.29 is 14.3 Å². The van der Waals surface area contributed by atoms with Crippen LogP contribution >= 0.6 is 0 Å². The molecule has 5 heteroatoms. The van der Waals surface area contributed by atoms with Gasteiger partial charge in [0.2, 0.25) is 0 Å². The number of methoxy groups -OCH3 is 1. The number of hydrogen-bond acceptors (Lipinski definition) is 4. The molecule has 1 saturated heterocycles. The molecule has 1 atom stereocenters. The van der Waals surface area contributed by atoms with Crippen molar-refractivity contribution in [2.75, 3.05) is 32.5 Å². The molecule has 5 nitrogen and oxygen atoms in total. The molecule has 2 rings (SSSR count). The van der Waals surface area contributed by atoms with Gasteiger partial charge in [-0.1, -0.05) is 0 Å². The summed E-state index contributed by atoms with van der Waals surface area (Å²) in [6.07, 6.45) is 5.70. The number of nitrogens with two attached hydrogens (primary N) is 1. The molecule has 0 radical (unpaired) electrons. The molecule has 0 aliphatic carbocycles. The van der Waals surface area contributed by atoms with Crippen molar-refractivity contribution in [2.45, 2.75) is 12.5 Å². The lowest BCUT2D eigenvalue weighted by Crippen LogP contribution is -2.45. The number of benzene rings is 1. The smallest absolute Gasteiger partial charge is 0.254 e. The molecule has 1 aromatic carbocycles. The molecular formula is C15H18N2O3. The minimum atomic E-state index is -0.0895. The van der Waals surface area contributed by atoms with Crippen molar-refractivity contribution in [3.8, 4) is 18.1 Å². The number of rotatable bonds is 3. The zero-order valence-electron chi connectivity index (χ0n) is 11.5. The zero-order chi connectivity index (χ0) is 14.5. The van der Waals surface area contributed by atoms with Gasteiger partial charge >= 0.3 is 0 Å². The van der Waals surface area contributed by atoms with E-state index in [1.54, 1.807) is 23.1 Å². The molecule has 0 aromatic heterocycles. The van der Waals surface area contributed by atoms with Gasteiger partial charge in [-0.25, -0.2) is 0 Å². The van der Waals surface area contributed by atoms with Crippen LogP contribution in [0, 0.1) is 12.3 Å². The lowest BCUT2D eigenvalue weighted by Gasteiger charge is -2.32. The molecular weight excluding hydrogens is 256 g/mol. The van der Waals surface area contributed by atoms with Crippen LogP contribution in [0.15, 0.2) is 18.2 Å². The van der Waals surface area contributed by atoms with Gasteiger partial charge in [0.25, 0.3) is 5.91 Å². The topological polar surface area (TPSA) is 64.8 Å². The third-order valence-corrected chi connectivity index (χ3v) is 3.25. The maximum absolute atomic E-state index is 12.5. The molecule has 0 spiro atoms. The van der Waals surface area contributed by atoms with E-state index in [4.69, 9.17) is 21.6 Å². The quantitative estimate of drug-likeness (QED) is 0.663. The Kier molecular flexibility index (Phi) is 4.49. The molecule has 1 heterocycles. The van der Waals surface area contributed by atoms with E-state index < -0.39 is 0 Å². The Hall–Kier alpha value is -2.19. The van der Waals surface area contributed by atoms with Crippen LogP contribution in [0.25, 0.3) is 0 Å². The molecule has 0 bridgehead atoms. The van der Waals surface area contributed by atoms with Gasteiger partial charge in [-0.05, 0) is 18.2 Å². The Labute approximate surface area is 118 Å². The summed E-state index contributed by atoms with van der Waals surface area (Å²) in [5, 5.41) is 0. The summed E-state index contributed by atoms with van der Waals surface area (Å²) in [5.74, 6) is 3.01. The second kappa shape index (κ2) is 6.31. The lowest BCUT2D eigenvalue weighted by molar-refractivity contribution is -0.0186. The molecule has 0 saturated carbocycles. The number of ether oxygens (including phenoxy) is 2. The molecule has 20 heavy (non-hydrogen) atoms. The van der Waals surface area contributed by atoms with Crippen molar-refractivity contribution in [3.05, 3.63) is 23.8 Å². The first-order valence-electron chi connectivity index (χ1n) is 6.43. The fraction of sp³-hybridized carbons (Fsp3) is 0.400. The van der Waals surface area contributed by atoms with Crippen LogP contribution in [-0.4, -0.2) is 43.7 Å². The van der Waals surface area contributed by atoms with E-state index in [-0.39, 0.29) is 12.0 Å². The maximum Gasteiger partial charge on any atom is 0.254 e.